The molecule has 2 rings (SSSR count). The number of rotatable bonds is 7. The van der Waals surface area contributed by atoms with Gasteiger partial charge in [-0.25, -0.2) is 4.79 Å². The molecule has 0 fully saturated rings. The van der Waals surface area contributed by atoms with Crippen LogP contribution in [0.25, 0.3) is 0 Å². The first-order valence-electron chi connectivity index (χ1n) is 7.83. The van der Waals surface area contributed by atoms with Crippen LogP contribution in [0.1, 0.15) is 35.8 Å². The molecule has 0 aliphatic carbocycles. The Morgan fingerprint density at radius 1 is 1.17 bits per heavy atom. The van der Waals surface area contributed by atoms with E-state index in [1.54, 1.807) is 17.9 Å². The second kappa shape index (κ2) is 8.14. The Hall–Kier alpha value is -2.84. The quantitative estimate of drug-likeness (QED) is 0.657. The molecule has 2 heterocycles. The van der Waals surface area contributed by atoms with E-state index in [1.165, 1.54) is 10.9 Å². The SMILES string of the molecule is CCCCNC(=O)Nc1cnn(C)c1C(=O)NCc1cnn(C)c1. The minimum absolute atomic E-state index is 0.296. The number of urea groups is 1. The van der Waals surface area contributed by atoms with Crippen LogP contribution in [0, 0.1) is 0 Å². The van der Waals surface area contributed by atoms with Crippen molar-refractivity contribution in [3.05, 3.63) is 29.8 Å². The number of nitrogens with zero attached hydrogens (tertiary/aromatic N) is 4. The molecule has 24 heavy (non-hydrogen) atoms. The molecule has 9 heteroatoms. The maximum absolute atomic E-state index is 12.4. The van der Waals surface area contributed by atoms with E-state index in [4.69, 9.17) is 0 Å². The van der Waals surface area contributed by atoms with Crippen molar-refractivity contribution >= 4 is 17.6 Å². The molecule has 0 aliphatic heterocycles. The molecule has 0 aromatic carbocycles. The van der Waals surface area contributed by atoms with Crippen LogP contribution in [0.4, 0.5) is 10.5 Å². The zero-order valence-electron chi connectivity index (χ0n) is 14.2. The van der Waals surface area contributed by atoms with Crippen molar-refractivity contribution in [3.63, 3.8) is 0 Å². The summed E-state index contributed by atoms with van der Waals surface area (Å²) in [7, 11) is 3.46. The Labute approximate surface area is 140 Å². The van der Waals surface area contributed by atoms with Crippen molar-refractivity contribution in [1.29, 1.82) is 0 Å². The highest BCUT2D eigenvalue weighted by molar-refractivity contribution is 6.01. The van der Waals surface area contributed by atoms with Crippen LogP contribution in [0.2, 0.25) is 0 Å². The first kappa shape index (κ1) is 17.5. The number of nitrogens with one attached hydrogen (secondary N) is 3. The number of aromatic nitrogens is 4. The topological polar surface area (TPSA) is 106 Å². The van der Waals surface area contributed by atoms with Crippen LogP contribution in [0.15, 0.2) is 18.6 Å². The molecular weight excluding hydrogens is 310 g/mol. The summed E-state index contributed by atoms with van der Waals surface area (Å²) < 4.78 is 3.10. The molecule has 130 valence electrons. The number of amides is 3. The minimum Gasteiger partial charge on any atom is -0.346 e. The fourth-order valence-corrected chi connectivity index (χ4v) is 2.17. The molecule has 0 atom stereocenters. The summed E-state index contributed by atoms with van der Waals surface area (Å²) in [6, 6.07) is -0.349. The first-order valence-corrected chi connectivity index (χ1v) is 7.83. The van der Waals surface area contributed by atoms with Crippen LogP contribution >= 0.6 is 0 Å². The molecule has 9 nitrogen and oxygen atoms in total. The van der Waals surface area contributed by atoms with Gasteiger partial charge in [-0.1, -0.05) is 13.3 Å². The van der Waals surface area contributed by atoms with E-state index in [0.29, 0.717) is 24.5 Å². The van der Waals surface area contributed by atoms with Gasteiger partial charge in [0, 0.05) is 38.9 Å². The maximum atomic E-state index is 12.4. The molecule has 2 aromatic rings. The number of unbranched alkanes of at least 4 members (excludes halogenated alkanes) is 1. The van der Waals surface area contributed by atoms with E-state index >= 15 is 0 Å². The van der Waals surface area contributed by atoms with Gasteiger partial charge in [0.25, 0.3) is 5.91 Å². The Balaban J connectivity index is 1.97. The van der Waals surface area contributed by atoms with Gasteiger partial charge >= 0.3 is 6.03 Å². The van der Waals surface area contributed by atoms with Gasteiger partial charge in [-0.2, -0.15) is 10.2 Å². The van der Waals surface area contributed by atoms with Crippen molar-refractivity contribution in [2.45, 2.75) is 26.3 Å². The van der Waals surface area contributed by atoms with Crippen molar-refractivity contribution in [3.8, 4) is 0 Å². The summed E-state index contributed by atoms with van der Waals surface area (Å²) >= 11 is 0. The Morgan fingerprint density at radius 2 is 1.96 bits per heavy atom. The van der Waals surface area contributed by atoms with Crippen molar-refractivity contribution in [2.75, 3.05) is 11.9 Å². The highest BCUT2D eigenvalue weighted by atomic mass is 16.2. The summed E-state index contributed by atoms with van der Waals surface area (Å²) in [6.07, 6.45) is 6.86. The summed E-state index contributed by atoms with van der Waals surface area (Å²) in [6.45, 7) is 2.98. The normalized spacial score (nSPS) is 10.5. The zero-order valence-corrected chi connectivity index (χ0v) is 14.2. The van der Waals surface area contributed by atoms with Crippen LogP contribution in [0.5, 0.6) is 0 Å². The van der Waals surface area contributed by atoms with E-state index in [-0.39, 0.29) is 11.9 Å². The van der Waals surface area contributed by atoms with Gasteiger partial charge in [0.05, 0.1) is 18.1 Å². The van der Waals surface area contributed by atoms with Crippen molar-refractivity contribution in [2.24, 2.45) is 14.1 Å². The second-order valence-corrected chi connectivity index (χ2v) is 5.47. The van der Waals surface area contributed by atoms with E-state index < -0.39 is 0 Å². The lowest BCUT2D eigenvalue weighted by atomic mass is 10.3. The average Bonchev–Trinajstić information content (AvgIpc) is 3.11. The Bertz CT molecular complexity index is 704. The summed E-state index contributed by atoms with van der Waals surface area (Å²) in [4.78, 5) is 24.3. The number of anilines is 1. The zero-order chi connectivity index (χ0) is 17.5. The molecule has 0 radical (unpaired) electrons. The van der Waals surface area contributed by atoms with Gasteiger partial charge < -0.3 is 16.0 Å². The van der Waals surface area contributed by atoms with E-state index in [2.05, 4.69) is 26.1 Å². The smallest absolute Gasteiger partial charge is 0.319 e. The molecule has 3 amide bonds. The molecule has 0 bridgehead atoms. The summed E-state index contributed by atoms with van der Waals surface area (Å²) in [5.41, 5.74) is 1.56. The monoisotopic (exact) mass is 333 g/mol. The first-order chi connectivity index (χ1) is 11.5. The third kappa shape index (κ3) is 4.58. The van der Waals surface area contributed by atoms with Gasteiger partial charge in [0.15, 0.2) is 0 Å². The molecule has 0 spiro atoms. The molecule has 0 aliphatic rings. The van der Waals surface area contributed by atoms with Crippen molar-refractivity contribution < 1.29 is 9.59 Å². The third-order valence-corrected chi connectivity index (χ3v) is 3.43. The lowest BCUT2D eigenvalue weighted by Gasteiger charge is -2.09. The fraction of sp³-hybridized carbons (Fsp3) is 0.467. The predicted octanol–water partition coefficient (Wildman–Crippen LogP) is 1.01. The predicted molar refractivity (Wildman–Crippen MR) is 89.5 cm³/mol. The van der Waals surface area contributed by atoms with Gasteiger partial charge in [-0.05, 0) is 6.42 Å². The number of aryl methyl sites for hydroxylation is 2. The molecule has 2 aromatic heterocycles. The van der Waals surface area contributed by atoms with Crippen molar-refractivity contribution in [1.82, 2.24) is 30.2 Å². The van der Waals surface area contributed by atoms with E-state index in [0.717, 1.165) is 18.4 Å². The highest BCUT2D eigenvalue weighted by Crippen LogP contribution is 2.14. The van der Waals surface area contributed by atoms with E-state index in [9.17, 15) is 9.59 Å². The Morgan fingerprint density at radius 3 is 2.62 bits per heavy atom. The third-order valence-electron chi connectivity index (χ3n) is 3.43. The van der Waals surface area contributed by atoms with Gasteiger partial charge in [0.1, 0.15) is 5.69 Å². The molecular formula is C15H23N7O2. The standard InChI is InChI=1S/C15H23N7O2/c1-4-5-6-16-15(24)20-12-9-19-22(3)13(12)14(23)17-7-11-8-18-21(2)10-11/h8-10H,4-7H2,1-3H3,(H,17,23)(H2,16,20,24). The lowest BCUT2D eigenvalue weighted by Crippen LogP contribution is -2.31. The lowest BCUT2D eigenvalue weighted by molar-refractivity contribution is 0.0942. The Kier molecular flexibility index (Phi) is 5.94. The maximum Gasteiger partial charge on any atom is 0.319 e. The van der Waals surface area contributed by atoms with Gasteiger partial charge in [-0.15, -0.1) is 0 Å². The summed E-state index contributed by atoms with van der Waals surface area (Å²) in [5, 5.41) is 16.3. The summed E-state index contributed by atoms with van der Waals surface area (Å²) in [5.74, 6) is -0.317. The van der Waals surface area contributed by atoms with Gasteiger partial charge in [-0.3, -0.25) is 14.2 Å². The molecule has 3 N–H and O–H groups in total. The molecule has 0 saturated heterocycles. The number of hydrogen-bond acceptors (Lipinski definition) is 4. The molecule has 0 saturated carbocycles. The highest BCUT2D eigenvalue weighted by Gasteiger charge is 2.18. The van der Waals surface area contributed by atoms with Crippen LogP contribution in [-0.4, -0.2) is 38.0 Å². The molecule has 0 unspecified atom stereocenters. The number of carbonyl (C=O) groups excluding carboxylic acids is 2. The average molecular weight is 333 g/mol. The minimum atomic E-state index is -0.349. The van der Waals surface area contributed by atoms with Gasteiger partial charge in [0.2, 0.25) is 0 Å². The largest absolute Gasteiger partial charge is 0.346 e. The second-order valence-electron chi connectivity index (χ2n) is 5.47. The number of hydrogen-bond donors (Lipinski definition) is 3. The number of carbonyl (C=O) groups is 2. The van der Waals surface area contributed by atoms with Crippen LogP contribution in [-0.2, 0) is 20.6 Å². The van der Waals surface area contributed by atoms with Crippen LogP contribution in [0.3, 0.4) is 0 Å². The van der Waals surface area contributed by atoms with E-state index in [1.807, 2.05) is 20.2 Å². The van der Waals surface area contributed by atoms with Crippen LogP contribution < -0.4 is 16.0 Å². The fourth-order valence-electron chi connectivity index (χ4n) is 2.17.